The van der Waals surface area contributed by atoms with E-state index in [4.69, 9.17) is 4.53 Å². The van der Waals surface area contributed by atoms with Gasteiger partial charge in [-0.2, -0.15) is 0 Å². The van der Waals surface area contributed by atoms with E-state index < -0.39 is 8.48 Å². The largest absolute Gasteiger partial charge is 0.372 e. The van der Waals surface area contributed by atoms with Crippen molar-refractivity contribution in [2.75, 3.05) is 0 Å². The summed E-state index contributed by atoms with van der Waals surface area (Å²) in [5.74, 6) is 0. The van der Waals surface area contributed by atoms with Gasteiger partial charge < -0.3 is 4.53 Å². The molecule has 1 heterocycles. The second kappa shape index (κ2) is 4.67. The number of rotatable bonds is 2. The van der Waals surface area contributed by atoms with E-state index in [0.29, 0.717) is 0 Å². The van der Waals surface area contributed by atoms with Crippen molar-refractivity contribution in [1.29, 1.82) is 0 Å². The molecule has 0 spiro atoms. The fourth-order valence-corrected chi connectivity index (χ4v) is 7.33. The highest BCUT2D eigenvalue weighted by molar-refractivity contribution is 7.03. The Morgan fingerprint density at radius 3 is 1.55 bits per heavy atom. The minimum absolute atomic E-state index is 1.29. The van der Waals surface area contributed by atoms with Crippen molar-refractivity contribution < 1.29 is 4.53 Å². The van der Waals surface area contributed by atoms with Crippen LogP contribution in [0, 0.1) is 27.7 Å². The lowest BCUT2D eigenvalue weighted by Crippen LogP contribution is -2.52. The van der Waals surface area contributed by atoms with Crippen LogP contribution in [0.25, 0.3) is 0 Å². The van der Waals surface area contributed by atoms with Crippen molar-refractivity contribution >= 4 is 29.3 Å². The topological polar surface area (TPSA) is 15.5 Å². The van der Waals surface area contributed by atoms with Gasteiger partial charge in [-0.3, -0.25) is 0 Å². The third-order valence-electron chi connectivity index (χ3n) is 3.97. The van der Waals surface area contributed by atoms with Gasteiger partial charge in [0.15, 0.2) is 10.4 Å². The maximum absolute atomic E-state index is 6.00. The molecule has 101 valence electrons. The molecule has 3 radical (unpaired) electrons. The van der Waals surface area contributed by atoms with Gasteiger partial charge in [-0.25, -0.2) is 4.39 Å². The Balaban J connectivity index is 2.17. The second-order valence-electron chi connectivity index (χ2n) is 5.67. The molecule has 1 aliphatic rings. The molecule has 0 saturated carbocycles. The van der Waals surface area contributed by atoms with Gasteiger partial charge in [0.25, 0.3) is 0 Å². The Hall–Kier alpha value is -1.21. The molecule has 2 aromatic rings. The van der Waals surface area contributed by atoms with Crippen molar-refractivity contribution in [1.82, 2.24) is 4.39 Å². The molecule has 0 N–H and O–H groups in total. The van der Waals surface area contributed by atoms with Crippen LogP contribution in [-0.4, -0.2) is 23.3 Å². The van der Waals surface area contributed by atoms with E-state index in [1.807, 2.05) is 4.39 Å². The minimum atomic E-state index is -2.20. The Morgan fingerprint density at radius 1 is 0.850 bits per heavy atom. The van der Waals surface area contributed by atoms with E-state index in [2.05, 4.69) is 74.5 Å². The molecule has 1 atom stereocenters. The fourth-order valence-electron chi connectivity index (χ4n) is 2.96. The summed E-state index contributed by atoms with van der Waals surface area (Å²) < 4.78 is 7.89. The molecule has 4 heteroatoms. The van der Waals surface area contributed by atoms with E-state index in [1.54, 1.807) is 0 Å². The van der Waals surface area contributed by atoms with Crippen LogP contribution >= 0.6 is 0 Å². The van der Waals surface area contributed by atoms with E-state index in [9.17, 15) is 0 Å². The molecule has 2 nitrogen and oxygen atoms in total. The number of aryl methyl sites for hydroxylation is 4. The summed E-state index contributed by atoms with van der Waals surface area (Å²) >= 11 is 0. The van der Waals surface area contributed by atoms with Crippen LogP contribution in [0.1, 0.15) is 22.3 Å². The minimum Gasteiger partial charge on any atom is -0.322 e. The zero-order chi connectivity index (χ0) is 14.5. The van der Waals surface area contributed by atoms with Crippen molar-refractivity contribution in [2.45, 2.75) is 27.7 Å². The predicted octanol–water partition coefficient (Wildman–Crippen LogP) is 1.81. The van der Waals surface area contributed by atoms with E-state index in [-0.39, 0.29) is 0 Å². The lowest BCUT2D eigenvalue weighted by Gasteiger charge is -2.15. The molecule has 0 amide bonds. The number of benzene rings is 2. The van der Waals surface area contributed by atoms with Crippen LogP contribution in [0.3, 0.4) is 0 Å². The summed E-state index contributed by atoms with van der Waals surface area (Å²) in [7, 11) is 1.42. The molecule has 1 fully saturated rings. The monoisotopic (exact) mass is 296 g/mol. The average molecular weight is 296 g/mol. The van der Waals surface area contributed by atoms with Crippen LogP contribution in [0.15, 0.2) is 36.4 Å². The van der Waals surface area contributed by atoms with Gasteiger partial charge >= 0.3 is 8.48 Å². The Kier molecular flexibility index (Phi) is 3.21. The third kappa shape index (κ3) is 2.00. The molecule has 1 unspecified atom stereocenters. The molecular weight excluding hydrogens is 278 g/mol. The third-order valence-corrected chi connectivity index (χ3v) is 8.73. The molecule has 1 aliphatic heterocycles. The van der Waals surface area contributed by atoms with Crippen LogP contribution in [0.5, 0.6) is 0 Å². The normalized spacial score (nSPS) is 19.9. The SMILES string of the molecule is Cc1ccc([Si]2(c3ccc(C)cc3C)ON2[Si])c(C)c1. The number of hydrogen-bond donors (Lipinski definition) is 0. The Morgan fingerprint density at radius 2 is 1.25 bits per heavy atom. The van der Waals surface area contributed by atoms with Crippen molar-refractivity contribution in [3.8, 4) is 0 Å². The summed E-state index contributed by atoms with van der Waals surface area (Å²) in [6.45, 7) is 8.59. The van der Waals surface area contributed by atoms with E-state index in [0.717, 1.165) is 0 Å². The highest BCUT2D eigenvalue weighted by Gasteiger charge is 2.61. The van der Waals surface area contributed by atoms with Gasteiger partial charge in [-0.05, 0) is 49.2 Å². The second-order valence-corrected chi connectivity index (χ2v) is 9.47. The number of hydrogen-bond acceptors (Lipinski definition) is 2. The summed E-state index contributed by atoms with van der Waals surface area (Å²) in [6.07, 6.45) is 0. The standard InChI is InChI=1S/C16H18NOSi2/c1-11-5-7-15(13(3)9-11)20(17(19)18-20)16-8-6-12(2)10-14(16)4/h5-10H,1-4H3. The van der Waals surface area contributed by atoms with Gasteiger partial charge in [-0.1, -0.05) is 47.5 Å². The van der Waals surface area contributed by atoms with Gasteiger partial charge in [0.2, 0.25) is 0 Å². The molecule has 0 aromatic heterocycles. The average Bonchev–Trinajstić information content (AvgIpc) is 3.01. The van der Waals surface area contributed by atoms with Gasteiger partial charge in [0.1, 0.15) is 0 Å². The van der Waals surface area contributed by atoms with E-state index >= 15 is 0 Å². The highest BCUT2D eigenvalue weighted by atomic mass is 28.4. The zero-order valence-corrected chi connectivity index (χ0v) is 14.3. The highest BCUT2D eigenvalue weighted by Crippen LogP contribution is 2.28. The molecule has 20 heavy (non-hydrogen) atoms. The van der Waals surface area contributed by atoms with Crippen LogP contribution in [0.2, 0.25) is 0 Å². The summed E-state index contributed by atoms with van der Waals surface area (Å²) in [5.41, 5.74) is 5.18. The fraction of sp³-hybridized carbons (Fsp3) is 0.250. The first-order valence-electron chi connectivity index (χ1n) is 6.81. The molecule has 3 rings (SSSR count). The predicted molar refractivity (Wildman–Crippen MR) is 85.5 cm³/mol. The lowest BCUT2D eigenvalue weighted by molar-refractivity contribution is 0.320. The Bertz CT molecular complexity index is 633. The van der Waals surface area contributed by atoms with Crippen LogP contribution in [-0.2, 0) is 4.53 Å². The first-order valence-corrected chi connectivity index (χ1v) is 9.11. The molecule has 0 aliphatic carbocycles. The van der Waals surface area contributed by atoms with Crippen LogP contribution in [0.4, 0.5) is 0 Å². The Labute approximate surface area is 125 Å². The first-order chi connectivity index (χ1) is 9.45. The van der Waals surface area contributed by atoms with Gasteiger partial charge in [0.05, 0.1) is 0 Å². The van der Waals surface area contributed by atoms with Gasteiger partial charge in [-0.15, -0.1) is 0 Å². The summed E-state index contributed by atoms with van der Waals surface area (Å²) in [4.78, 5) is 0. The van der Waals surface area contributed by atoms with Crippen molar-refractivity contribution in [3.63, 3.8) is 0 Å². The number of nitrogens with zero attached hydrogens (tertiary/aromatic N) is 1. The maximum Gasteiger partial charge on any atom is 0.372 e. The van der Waals surface area contributed by atoms with E-state index in [1.165, 1.54) is 32.6 Å². The van der Waals surface area contributed by atoms with Gasteiger partial charge in [0, 0.05) is 0 Å². The quantitative estimate of drug-likeness (QED) is 0.620. The maximum atomic E-state index is 6.00. The zero-order valence-electron chi connectivity index (χ0n) is 12.3. The van der Waals surface area contributed by atoms with Crippen LogP contribution < -0.4 is 10.4 Å². The van der Waals surface area contributed by atoms with Crippen molar-refractivity contribution in [3.05, 3.63) is 58.7 Å². The molecular formula is C16H18NOSi2. The summed E-state index contributed by atoms with van der Waals surface area (Å²) in [5, 5.41) is 2.65. The smallest absolute Gasteiger partial charge is 0.322 e. The first kappa shape index (κ1) is 13.8. The van der Waals surface area contributed by atoms with Crippen molar-refractivity contribution in [2.24, 2.45) is 0 Å². The molecule has 2 aromatic carbocycles. The lowest BCUT2D eigenvalue weighted by atomic mass is 10.1. The molecule has 1 saturated heterocycles. The molecule has 0 bridgehead atoms. The summed E-state index contributed by atoms with van der Waals surface area (Å²) in [6, 6.07) is 13.2.